The van der Waals surface area contributed by atoms with Crippen molar-refractivity contribution in [2.75, 3.05) is 31.1 Å². The lowest BCUT2D eigenvalue weighted by atomic mass is 10.3. The van der Waals surface area contributed by atoms with Gasteiger partial charge in [-0.05, 0) is 25.3 Å². The summed E-state index contributed by atoms with van der Waals surface area (Å²) < 4.78 is 26.2. The molecule has 1 saturated carbocycles. The van der Waals surface area contributed by atoms with Crippen LogP contribution in [0.1, 0.15) is 19.3 Å². The Hall–Kier alpha value is -0.560. The van der Waals surface area contributed by atoms with Crippen LogP contribution < -0.4 is 4.90 Å². The van der Waals surface area contributed by atoms with Crippen molar-refractivity contribution in [3.05, 3.63) is 22.3 Å². The molecule has 0 spiro atoms. The summed E-state index contributed by atoms with van der Waals surface area (Å²) in [6.07, 6.45) is 3.93. The SMILES string of the molecule is O=S(=O)(C1CC1)N1CCCN(c2ncc(Cl)cc2Cl)CC1. The van der Waals surface area contributed by atoms with Crippen LogP contribution in [0, 0.1) is 0 Å². The Labute approximate surface area is 134 Å². The van der Waals surface area contributed by atoms with Crippen molar-refractivity contribution >= 4 is 39.0 Å². The molecule has 0 aromatic carbocycles. The highest BCUT2D eigenvalue weighted by Gasteiger charge is 2.40. The van der Waals surface area contributed by atoms with Gasteiger partial charge in [-0.1, -0.05) is 23.2 Å². The predicted octanol–water partition coefficient (Wildman–Crippen LogP) is 2.39. The van der Waals surface area contributed by atoms with Crippen molar-refractivity contribution in [2.45, 2.75) is 24.5 Å². The third kappa shape index (κ3) is 3.28. The highest BCUT2D eigenvalue weighted by molar-refractivity contribution is 7.90. The molecular weight excluding hydrogens is 333 g/mol. The van der Waals surface area contributed by atoms with Gasteiger partial charge in [0.15, 0.2) is 0 Å². The van der Waals surface area contributed by atoms with Crippen LogP contribution >= 0.6 is 23.2 Å². The number of anilines is 1. The summed E-state index contributed by atoms with van der Waals surface area (Å²) in [5.41, 5.74) is 0. The number of rotatable bonds is 3. The zero-order valence-corrected chi connectivity index (χ0v) is 13.8. The van der Waals surface area contributed by atoms with E-state index < -0.39 is 10.0 Å². The quantitative estimate of drug-likeness (QED) is 0.840. The van der Waals surface area contributed by atoms with Gasteiger partial charge >= 0.3 is 0 Å². The van der Waals surface area contributed by atoms with Gasteiger partial charge in [-0.15, -0.1) is 0 Å². The van der Waals surface area contributed by atoms with Crippen molar-refractivity contribution < 1.29 is 8.42 Å². The van der Waals surface area contributed by atoms with Crippen LogP contribution in [0.4, 0.5) is 5.82 Å². The van der Waals surface area contributed by atoms with Gasteiger partial charge in [-0.3, -0.25) is 0 Å². The maximum atomic E-state index is 12.3. The monoisotopic (exact) mass is 349 g/mol. The number of pyridine rings is 1. The van der Waals surface area contributed by atoms with Gasteiger partial charge in [0, 0.05) is 32.4 Å². The molecule has 0 atom stereocenters. The second-order valence-electron chi connectivity index (χ2n) is 5.44. The summed E-state index contributed by atoms with van der Waals surface area (Å²) in [4.78, 5) is 6.30. The minimum Gasteiger partial charge on any atom is -0.354 e. The summed E-state index contributed by atoms with van der Waals surface area (Å²) in [6, 6.07) is 1.66. The van der Waals surface area contributed by atoms with E-state index in [-0.39, 0.29) is 5.25 Å². The van der Waals surface area contributed by atoms with Gasteiger partial charge in [-0.2, -0.15) is 4.31 Å². The summed E-state index contributed by atoms with van der Waals surface area (Å²) >= 11 is 12.0. The normalized spacial score (nSPS) is 21.3. The molecular formula is C13H17Cl2N3O2S. The number of hydrogen-bond acceptors (Lipinski definition) is 4. The van der Waals surface area contributed by atoms with E-state index in [1.807, 2.05) is 4.90 Å². The standard InChI is InChI=1S/C13H17Cl2N3O2S/c14-10-8-12(15)13(16-9-10)17-4-1-5-18(7-6-17)21(19,20)11-2-3-11/h8-9,11H,1-7H2. The lowest BCUT2D eigenvalue weighted by molar-refractivity contribution is 0.432. The van der Waals surface area contributed by atoms with E-state index in [0.717, 1.165) is 25.8 Å². The molecule has 1 aliphatic heterocycles. The third-order valence-electron chi connectivity index (χ3n) is 3.85. The molecule has 5 nitrogen and oxygen atoms in total. The molecule has 2 fully saturated rings. The Morgan fingerprint density at radius 2 is 1.90 bits per heavy atom. The van der Waals surface area contributed by atoms with Crippen LogP contribution in [0.5, 0.6) is 0 Å². The first-order chi connectivity index (χ1) is 9.98. The highest BCUT2D eigenvalue weighted by atomic mass is 35.5. The maximum absolute atomic E-state index is 12.3. The zero-order chi connectivity index (χ0) is 15.0. The summed E-state index contributed by atoms with van der Waals surface area (Å²) in [6.45, 7) is 2.39. The van der Waals surface area contributed by atoms with E-state index in [4.69, 9.17) is 23.2 Å². The maximum Gasteiger partial charge on any atom is 0.217 e. The molecule has 8 heteroatoms. The van der Waals surface area contributed by atoms with Gasteiger partial charge in [-0.25, -0.2) is 13.4 Å². The minimum atomic E-state index is -3.10. The molecule has 3 rings (SSSR count). The zero-order valence-electron chi connectivity index (χ0n) is 11.5. The van der Waals surface area contributed by atoms with E-state index in [1.165, 1.54) is 0 Å². The van der Waals surface area contributed by atoms with Crippen LogP contribution in [0.2, 0.25) is 10.0 Å². The highest BCUT2D eigenvalue weighted by Crippen LogP contribution is 2.32. The minimum absolute atomic E-state index is 0.152. The van der Waals surface area contributed by atoms with Crippen LogP contribution in [-0.2, 0) is 10.0 Å². The first-order valence-electron chi connectivity index (χ1n) is 7.03. The van der Waals surface area contributed by atoms with E-state index in [2.05, 4.69) is 4.98 Å². The number of hydrogen-bond donors (Lipinski definition) is 0. The van der Waals surface area contributed by atoms with Crippen molar-refractivity contribution in [1.82, 2.24) is 9.29 Å². The predicted molar refractivity (Wildman–Crippen MR) is 84.6 cm³/mol. The van der Waals surface area contributed by atoms with Crippen molar-refractivity contribution in [3.8, 4) is 0 Å². The Balaban J connectivity index is 1.73. The van der Waals surface area contributed by atoms with Gasteiger partial charge in [0.1, 0.15) is 5.82 Å². The number of sulfonamides is 1. The van der Waals surface area contributed by atoms with Crippen LogP contribution in [0.3, 0.4) is 0 Å². The molecule has 1 aromatic rings. The number of aromatic nitrogens is 1. The fourth-order valence-corrected chi connectivity index (χ4v) is 4.95. The van der Waals surface area contributed by atoms with E-state index >= 15 is 0 Å². The smallest absolute Gasteiger partial charge is 0.217 e. The average molecular weight is 350 g/mol. The summed E-state index contributed by atoms with van der Waals surface area (Å²) in [5.74, 6) is 0.673. The molecule has 0 radical (unpaired) electrons. The van der Waals surface area contributed by atoms with Crippen molar-refractivity contribution in [3.63, 3.8) is 0 Å². The Bertz CT molecular complexity index is 634. The molecule has 1 aromatic heterocycles. The Morgan fingerprint density at radius 1 is 1.14 bits per heavy atom. The molecule has 1 saturated heterocycles. The lowest BCUT2D eigenvalue weighted by Gasteiger charge is -2.23. The lowest BCUT2D eigenvalue weighted by Crippen LogP contribution is -2.37. The van der Waals surface area contributed by atoms with Gasteiger partial charge < -0.3 is 4.90 Å². The van der Waals surface area contributed by atoms with E-state index in [9.17, 15) is 8.42 Å². The van der Waals surface area contributed by atoms with Crippen molar-refractivity contribution in [1.29, 1.82) is 0 Å². The van der Waals surface area contributed by atoms with Crippen LogP contribution in [0.25, 0.3) is 0 Å². The Kier molecular flexibility index (Phi) is 4.32. The molecule has 2 aliphatic rings. The molecule has 21 heavy (non-hydrogen) atoms. The topological polar surface area (TPSA) is 53.5 Å². The summed E-state index contributed by atoms with van der Waals surface area (Å²) in [5, 5.41) is 0.846. The average Bonchev–Trinajstić information content (AvgIpc) is 3.26. The number of halogens is 2. The molecule has 116 valence electrons. The molecule has 0 N–H and O–H groups in total. The second kappa shape index (κ2) is 5.91. The van der Waals surface area contributed by atoms with Crippen LogP contribution in [-0.4, -0.2) is 49.1 Å². The second-order valence-corrected chi connectivity index (χ2v) is 8.50. The van der Waals surface area contributed by atoms with Gasteiger partial charge in [0.25, 0.3) is 0 Å². The molecule has 0 bridgehead atoms. The fourth-order valence-electron chi connectivity index (χ4n) is 2.58. The molecule has 2 heterocycles. The first-order valence-corrected chi connectivity index (χ1v) is 9.29. The molecule has 0 unspecified atom stereocenters. The Morgan fingerprint density at radius 3 is 2.57 bits per heavy atom. The summed E-state index contributed by atoms with van der Waals surface area (Å²) in [7, 11) is -3.10. The van der Waals surface area contributed by atoms with Gasteiger partial charge in [0.2, 0.25) is 10.0 Å². The fraction of sp³-hybridized carbons (Fsp3) is 0.615. The van der Waals surface area contributed by atoms with E-state index in [0.29, 0.717) is 35.5 Å². The van der Waals surface area contributed by atoms with Crippen LogP contribution in [0.15, 0.2) is 12.3 Å². The third-order valence-corrected chi connectivity index (χ3v) is 6.73. The number of nitrogens with zero attached hydrogens (tertiary/aromatic N) is 3. The van der Waals surface area contributed by atoms with Gasteiger partial charge in [0.05, 0.1) is 15.3 Å². The van der Waals surface area contributed by atoms with Crippen molar-refractivity contribution in [2.24, 2.45) is 0 Å². The molecule has 0 amide bonds. The largest absolute Gasteiger partial charge is 0.354 e. The van der Waals surface area contributed by atoms with E-state index in [1.54, 1.807) is 16.6 Å². The molecule has 1 aliphatic carbocycles. The first kappa shape index (κ1) is 15.3.